The van der Waals surface area contributed by atoms with E-state index in [9.17, 15) is 23.2 Å². The molecule has 0 aliphatic rings. The second-order valence-electron chi connectivity index (χ2n) is 6.06. The smallest absolute Gasteiger partial charge is 0.283 e. The molecule has 0 aromatic heterocycles. The highest BCUT2D eigenvalue weighted by Crippen LogP contribution is 2.53. The van der Waals surface area contributed by atoms with Crippen LogP contribution in [0.4, 0.5) is 0 Å². The quantitative estimate of drug-likeness (QED) is 0.311. The molecule has 0 aliphatic heterocycles. The van der Waals surface area contributed by atoms with Crippen molar-refractivity contribution >= 4 is 56.5 Å². The van der Waals surface area contributed by atoms with Crippen molar-refractivity contribution < 1.29 is 23.2 Å². The predicted molar refractivity (Wildman–Crippen MR) is 114 cm³/mol. The summed E-state index contributed by atoms with van der Waals surface area (Å²) < 4.78 is 33.9. The highest BCUT2D eigenvalue weighted by atomic mass is 35.5. The molecule has 0 heterocycles. The SMILES string of the molecule is O=S(=O)(O)C(c1ccccc1O)(c1cc(Cl)ccc1Cl)c1ccc(Cl)c(Cl)c1O. The average Bonchev–Trinajstić information content (AvgIpc) is 2.65. The van der Waals surface area contributed by atoms with E-state index in [0.717, 1.165) is 0 Å². The molecule has 0 saturated carbocycles. The van der Waals surface area contributed by atoms with Crippen LogP contribution in [-0.4, -0.2) is 23.2 Å². The monoisotopic (exact) mass is 492 g/mol. The summed E-state index contributed by atoms with van der Waals surface area (Å²) in [5.41, 5.74) is -0.857. The van der Waals surface area contributed by atoms with Crippen LogP contribution in [0, 0.1) is 0 Å². The number of hydrogen-bond donors (Lipinski definition) is 3. The summed E-state index contributed by atoms with van der Waals surface area (Å²) in [6.45, 7) is 0. The minimum Gasteiger partial charge on any atom is -0.508 e. The van der Waals surface area contributed by atoms with E-state index in [4.69, 9.17) is 46.4 Å². The van der Waals surface area contributed by atoms with E-state index in [1.54, 1.807) is 0 Å². The number of benzene rings is 3. The molecule has 3 aromatic carbocycles. The lowest BCUT2D eigenvalue weighted by Crippen LogP contribution is -2.38. The summed E-state index contributed by atoms with van der Waals surface area (Å²) in [5, 5.41) is 20.8. The summed E-state index contributed by atoms with van der Waals surface area (Å²) in [6.07, 6.45) is 0. The van der Waals surface area contributed by atoms with Gasteiger partial charge in [-0.1, -0.05) is 70.7 Å². The second kappa shape index (κ2) is 7.87. The van der Waals surface area contributed by atoms with Gasteiger partial charge in [0.05, 0.1) is 5.02 Å². The van der Waals surface area contributed by atoms with Crippen LogP contribution in [-0.2, 0) is 14.9 Å². The molecule has 0 bridgehead atoms. The summed E-state index contributed by atoms with van der Waals surface area (Å²) in [4.78, 5) is 0. The van der Waals surface area contributed by atoms with Crippen LogP contribution in [0.15, 0.2) is 54.6 Å². The molecule has 0 aliphatic carbocycles. The maximum Gasteiger partial charge on any atom is 0.283 e. The van der Waals surface area contributed by atoms with Crippen molar-refractivity contribution in [2.75, 3.05) is 0 Å². The number of phenols is 2. The molecule has 0 radical (unpaired) electrons. The van der Waals surface area contributed by atoms with Gasteiger partial charge in [-0.25, -0.2) is 0 Å². The molecule has 1 atom stereocenters. The molecule has 1 unspecified atom stereocenters. The number of para-hydroxylation sites is 1. The Hall–Kier alpha value is -1.67. The fraction of sp³-hybridized carbons (Fsp3) is 0.0526. The van der Waals surface area contributed by atoms with Gasteiger partial charge in [-0.2, -0.15) is 8.42 Å². The highest BCUT2D eigenvalue weighted by molar-refractivity contribution is 7.87. The van der Waals surface area contributed by atoms with Crippen molar-refractivity contribution in [2.24, 2.45) is 0 Å². The first-order chi connectivity index (χ1) is 13.5. The number of halogens is 4. The Kier molecular flexibility index (Phi) is 5.98. The molecule has 0 amide bonds. The Morgan fingerprint density at radius 2 is 1.38 bits per heavy atom. The van der Waals surface area contributed by atoms with Gasteiger partial charge >= 0.3 is 0 Å². The standard InChI is InChI=1S/C19H12Cl4O5S/c20-10-5-7-14(21)13(9-10)19(29(26,27)28,11-3-1-2-4-16(11)24)12-6-8-15(22)17(23)18(12)25/h1-9,24-25H,(H,26,27,28). The largest absolute Gasteiger partial charge is 0.508 e. The van der Waals surface area contributed by atoms with Gasteiger partial charge in [0.1, 0.15) is 16.5 Å². The Morgan fingerprint density at radius 1 is 0.759 bits per heavy atom. The average molecular weight is 494 g/mol. The van der Waals surface area contributed by atoms with Crippen LogP contribution < -0.4 is 0 Å². The Morgan fingerprint density at radius 3 is 2.00 bits per heavy atom. The Bertz CT molecular complexity index is 1210. The summed E-state index contributed by atoms with van der Waals surface area (Å²) in [6, 6.07) is 11.8. The molecule has 29 heavy (non-hydrogen) atoms. The van der Waals surface area contributed by atoms with E-state index < -0.39 is 26.4 Å². The number of aromatic hydroxyl groups is 2. The van der Waals surface area contributed by atoms with Crippen molar-refractivity contribution in [2.45, 2.75) is 4.75 Å². The molecule has 3 rings (SSSR count). The number of hydrogen-bond acceptors (Lipinski definition) is 4. The normalized spacial score (nSPS) is 13.8. The molecular formula is C19H12Cl4O5S. The van der Waals surface area contributed by atoms with E-state index in [1.807, 2.05) is 0 Å². The van der Waals surface area contributed by atoms with Crippen LogP contribution in [0.5, 0.6) is 11.5 Å². The van der Waals surface area contributed by atoms with Gasteiger partial charge in [-0.15, -0.1) is 0 Å². The summed E-state index contributed by atoms with van der Waals surface area (Å²) >= 11 is 24.4. The molecule has 0 spiro atoms. The zero-order valence-corrected chi connectivity index (χ0v) is 18.1. The van der Waals surface area contributed by atoms with E-state index in [-0.39, 0.29) is 36.8 Å². The maximum absolute atomic E-state index is 13.0. The number of phenolic OH excluding ortho intramolecular Hbond substituents is 2. The zero-order valence-electron chi connectivity index (χ0n) is 14.3. The van der Waals surface area contributed by atoms with Gasteiger partial charge in [0, 0.05) is 26.7 Å². The molecule has 3 N–H and O–H groups in total. The summed E-state index contributed by atoms with van der Waals surface area (Å²) in [7, 11) is -5.16. The van der Waals surface area contributed by atoms with Crippen LogP contribution in [0.25, 0.3) is 0 Å². The van der Waals surface area contributed by atoms with Crippen molar-refractivity contribution in [3.05, 3.63) is 91.4 Å². The van der Waals surface area contributed by atoms with E-state index in [2.05, 4.69) is 0 Å². The fourth-order valence-corrected chi connectivity index (χ4v) is 5.36. The van der Waals surface area contributed by atoms with Crippen LogP contribution >= 0.6 is 46.4 Å². The minimum absolute atomic E-state index is 0.0494. The molecule has 10 heteroatoms. The second-order valence-corrected chi connectivity index (χ2v) is 9.25. The molecule has 0 saturated heterocycles. The lowest BCUT2D eigenvalue weighted by molar-refractivity contribution is 0.428. The number of rotatable bonds is 4. The van der Waals surface area contributed by atoms with Gasteiger partial charge in [-0.05, 0) is 30.3 Å². The molecule has 3 aromatic rings. The van der Waals surface area contributed by atoms with Crippen LogP contribution in [0.3, 0.4) is 0 Å². The van der Waals surface area contributed by atoms with E-state index >= 15 is 0 Å². The van der Waals surface area contributed by atoms with Crippen molar-refractivity contribution in [3.63, 3.8) is 0 Å². The first kappa shape index (κ1) is 22.0. The molecule has 152 valence electrons. The van der Waals surface area contributed by atoms with Gasteiger partial charge < -0.3 is 10.2 Å². The van der Waals surface area contributed by atoms with E-state index in [1.165, 1.54) is 54.6 Å². The van der Waals surface area contributed by atoms with E-state index in [0.29, 0.717) is 0 Å². The van der Waals surface area contributed by atoms with Crippen LogP contribution in [0.2, 0.25) is 20.1 Å². The van der Waals surface area contributed by atoms with Crippen molar-refractivity contribution in [1.29, 1.82) is 0 Å². The minimum atomic E-state index is -5.16. The first-order valence-corrected chi connectivity index (χ1v) is 10.9. The van der Waals surface area contributed by atoms with Crippen molar-refractivity contribution in [3.8, 4) is 11.5 Å². The Labute approximate surface area is 186 Å². The van der Waals surface area contributed by atoms with Gasteiger partial charge in [0.2, 0.25) is 0 Å². The topological polar surface area (TPSA) is 94.8 Å². The fourth-order valence-electron chi connectivity index (χ4n) is 3.21. The third-order valence-electron chi connectivity index (χ3n) is 4.43. The predicted octanol–water partition coefficient (Wildman–Crippen LogP) is 5.89. The molecule has 0 fully saturated rings. The van der Waals surface area contributed by atoms with Gasteiger partial charge in [0.15, 0.2) is 4.75 Å². The zero-order chi connectivity index (χ0) is 21.6. The first-order valence-electron chi connectivity index (χ1n) is 7.90. The third kappa shape index (κ3) is 3.54. The van der Waals surface area contributed by atoms with Crippen LogP contribution in [0.1, 0.15) is 16.7 Å². The highest BCUT2D eigenvalue weighted by Gasteiger charge is 2.53. The third-order valence-corrected chi connectivity index (χ3v) is 7.22. The van der Waals surface area contributed by atoms with Gasteiger partial charge in [0.25, 0.3) is 10.1 Å². The van der Waals surface area contributed by atoms with Gasteiger partial charge in [-0.3, -0.25) is 4.55 Å². The summed E-state index contributed by atoms with van der Waals surface area (Å²) in [5.74, 6) is -1.19. The lowest BCUT2D eigenvalue weighted by Gasteiger charge is -2.34. The van der Waals surface area contributed by atoms with Crippen molar-refractivity contribution in [1.82, 2.24) is 0 Å². The molecular weight excluding hydrogens is 482 g/mol. The lowest BCUT2D eigenvalue weighted by atomic mass is 9.83. The molecule has 5 nitrogen and oxygen atoms in total. The Balaban J connectivity index is 2.66. The maximum atomic E-state index is 13.0.